The number of hydrogen-bond acceptors (Lipinski definition) is 3. The fourth-order valence-corrected chi connectivity index (χ4v) is 3.37. The molecule has 2 aliphatic rings. The molecular weight excluding hydrogens is 250 g/mol. The quantitative estimate of drug-likeness (QED) is 0.865. The Morgan fingerprint density at radius 2 is 2.28 bits per heavy atom. The average molecular weight is 270 g/mol. The summed E-state index contributed by atoms with van der Waals surface area (Å²) in [5.41, 5.74) is 1.22. The van der Waals surface area contributed by atoms with E-state index in [1.165, 1.54) is 5.56 Å². The highest BCUT2D eigenvalue weighted by Gasteiger charge is 2.45. The first kappa shape index (κ1) is 13.7. The van der Waals surface area contributed by atoms with Crippen molar-refractivity contribution in [2.24, 2.45) is 0 Å². The van der Waals surface area contributed by atoms with Crippen LogP contribution in [0, 0.1) is 0 Å². The predicted molar refractivity (Wildman–Crippen MR) is 73.3 cm³/mol. The van der Waals surface area contributed by atoms with Crippen molar-refractivity contribution >= 4 is 12.4 Å². The molecule has 1 aromatic rings. The number of aliphatic hydroxyl groups excluding tert-OH is 1. The Labute approximate surface area is 114 Å². The largest absolute Gasteiger partial charge is 0.497 e. The molecule has 2 aliphatic heterocycles. The number of hydrogen-bond donors (Lipinski definition) is 2. The Bertz CT molecular complexity index is 426. The minimum atomic E-state index is -0.171. The lowest BCUT2D eigenvalue weighted by atomic mass is 9.82. The van der Waals surface area contributed by atoms with Crippen LogP contribution < -0.4 is 10.1 Å². The van der Waals surface area contributed by atoms with Crippen molar-refractivity contribution in [3.05, 3.63) is 29.8 Å². The molecule has 1 aromatic carbocycles. The van der Waals surface area contributed by atoms with Crippen LogP contribution >= 0.6 is 12.4 Å². The van der Waals surface area contributed by atoms with Gasteiger partial charge in [-0.2, -0.15) is 0 Å². The Kier molecular flexibility index (Phi) is 3.85. The molecule has 0 aromatic heterocycles. The van der Waals surface area contributed by atoms with Gasteiger partial charge in [-0.1, -0.05) is 12.1 Å². The van der Waals surface area contributed by atoms with Crippen LogP contribution in [0.3, 0.4) is 0 Å². The van der Waals surface area contributed by atoms with E-state index in [0.29, 0.717) is 6.04 Å². The molecule has 100 valence electrons. The van der Waals surface area contributed by atoms with E-state index in [1.807, 2.05) is 12.1 Å². The molecule has 0 saturated carbocycles. The van der Waals surface area contributed by atoms with Gasteiger partial charge in [0.25, 0.3) is 0 Å². The third kappa shape index (κ3) is 2.22. The zero-order valence-corrected chi connectivity index (χ0v) is 11.4. The van der Waals surface area contributed by atoms with Gasteiger partial charge in [0.05, 0.1) is 13.2 Å². The molecule has 4 heteroatoms. The molecule has 18 heavy (non-hydrogen) atoms. The molecule has 3 atom stereocenters. The molecule has 3 nitrogen and oxygen atoms in total. The number of nitrogens with one attached hydrogen (secondary N) is 1. The van der Waals surface area contributed by atoms with E-state index < -0.39 is 0 Å². The second-order valence-corrected chi connectivity index (χ2v) is 5.29. The van der Waals surface area contributed by atoms with Gasteiger partial charge in [-0.25, -0.2) is 0 Å². The summed E-state index contributed by atoms with van der Waals surface area (Å²) in [5, 5.41) is 13.7. The number of aliphatic hydroxyl groups is 1. The van der Waals surface area contributed by atoms with Gasteiger partial charge in [0.1, 0.15) is 5.75 Å². The van der Waals surface area contributed by atoms with Crippen molar-refractivity contribution < 1.29 is 9.84 Å². The smallest absolute Gasteiger partial charge is 0.119 e. The minimum Gasteiger partial charge on any atom is -0.497 e. The van der Waals surface area contributed by atoms with E-state index in [0.717, 1.165) is 31.4 Å². The van der Waals surface area contributed by atoms with E-state index in [2.05, 4.69) is 17.4 Å². The maximum Gasteiger partial charge on any atom is 0.119 e. The Morgan fingerprint density at radius 1 is 1.44 bits per heavy atom. The first-order chi connectivity index (χ1) is 8.22. The van der Waals surface area contributed by atoms with Gasteiger partial charge >= 0.3 is 0 Å². The van der Waals surface area contributed by atoms with Gasteiger partial charge in [0.2, 0.25) is 0 Å². The zero-order valence-electron chi connectivity index (χ0n) is 10.6. The van der Waals surface area contributed by atoms with Crippen LogP contribution in [0.2, 0.25) is 0 Å². The van der Waals surface area contributed by atoms with Gasteiger partial charge in [-0.05, 0) is 43.4 Å². The van der Waals surface area contributed by atoms with Crippen LogP contribution in [-0.4, -0.2) is 24.4 Å². The fraction of sp³-hybridized carbons (Fsp3) is 0.571. The van der Waals surface area contributed by atoms with Crippen molar-refractivity contribution in [3.8, 4) is 5.75 Å². The van der Waals surface area contributed by atoms with Gasteiger partial charge < -0.3 is 15.2 Å². The third-order valence-corrected chi connectivity index (χ3v) is 4.16. The number of benzene rings is 1. The van der Waals surface area contributed by atoms with Crippen molar-refractivity contribution in [2.45, 2.75) is 43.4 Å². The minimum absolute atomic E-state index is 0. The highest BCUT2D eigenvalue weighted by molar-refractivity contribution is 5.85. The average Bonchev–Trinajstić information content (AvgIpc) is 2.66. The monoisotopic (exact) mass is 269 g/mol. The molecular formula is C14H20ClNO2. The van der Waals surface area contributed by atoms with Crippen LogP contribution in [0.4, 0.5) is 0 Å². The first-order valence-corrected chi connectivity index (χ1v) is 6.32. The molecule has 0 aliphatic carbocycles. The third-order valence-electron chi connectivity index (χ3n) is 4.16. The van der Waals surface area contributed by atoms with Crippen molar-refractivity contribution in [1.82, 2.24) is 5.32 Å². The standard InChI is InChI=1S/C14H19NO2.ClH/c1-17-13-4-2-3-10(7-13)14-6-5-11(15-14)8-12(16)9-14;/h2-4,7,11-12,15-16H,5-6,8-9H2,1H3;1H. The summed E-state index contributed by atoms with van der Waals surface area (Å²) >= 11 is 0. The van der Waals surface area contributed by atoms with E-state index in [4.69, 9.17) is 4.74 Å². The summed E-state index contributed by atoms with van der Waals surface area (Å²) in [6.45, 7) is 0. The lowest BCUT2D eigenvalue weighted by Crippen LogP contribution is -2.48. The van der Waals surface area contributed by atoms with E-state index in [9.17, 15) is 5.11 Å². The molecule has 2 fully saturated rings. The summed E-state index contributed by atoms with van der Waals surface area (Å²) < 4.78 is 5.29. The molecule has 0 amide bonds. The topological polar surface area (TPSA) is 41.5 Å². The van der Waals surface area contributed by atoms with Gasteiger partial charge in [-0.15, -0.1) is 12.4 Å². The second-order valence-electron chi connectivity index (χ2n) is 5.29. The molecule has 2 N–H and O–H groups in total. The number of methoxy groups -OCH3 is 1. The van der Waals surface area contributed by atoms with E-state index in [-0.39, 0.29) is 24.0 Å². The summed E-state index contributed by atoms with van der Waals surface area (Å²) in [6, 6.07) is 8.69. The summed E-state index contributed by atoms with van der Waals surface area (Å²) in [7, 11) is 1.69. The second kappa shape index (κ2) is 5.08. The maximum atomic E-state index is 9.97. The number of ether oxygens (including phenoxy) is 1. The lowest BCUT2D eigenvalue weighted by molar-refractivity contribution is 0.0800. The summed E-state index contributed by atoms with van der Waals surface area (Å²) in [4.78, 5) is 0. The van der Waals surface area contributed by atoms with Crippen molar-refractivity contribution in [2.75, 3.05) is 7.11 Å². The van der Waals surface area contributed by atoms with Crippen LogP contribution in [0.5, 0.6) is 5.75 Å². The van der Waals surface area contributed by atoms with Gasteiger partial charge in [0, 0.05) is 11.6 Å². The van der Waals surface area contributed by atoms with Crippen LogP contribution in [0.15, 0.2) is 24.3 Å². The number of halogens is 1. The van der Waals surface area contributed by atoms with Crippen molar-refractivity contribution in [1.29, 1.82) is 0 Å². The Morgan fingerprint density at radius 3 is 3.06 bits per heavy atom. The van der Waals surface area contributed by atoms with Crippen molar-refractivity contribution in [3.63, 3.8) is 0 Å². The van der Waals surface area contributed by atoms with Gasteiger partial charge in [-0.3, -0.25) is 0 Å². The van der Waals surface area contributed by atoms with E-state index in [1.54, 1.807) is 7.11 Å². The Hall–Kier alpha value is -0.770. The highest BCUT2D eigenvalue weighted by atomic mass is 35.5. The molecule has 2 bridgehead atoms. The number of rotatable bonds is 2. The van der Waals surface area contributed by atoms with Gasteiger partial charge in [0.15, 0.2) is 0 Å². The molecule has 2 heterocycles. The molecule has 3 unspecified atom stereocenters. The number of fused-ring (bicyclic) bond motifs is 2. The molecule has 0 radical (unpaired) electrons. The SMILES string of the molecule is COc1cccc(C23CCC(CC(O)C2)N3)c1.Cl. The van der Waals surface area contributed by atoms with E-state index >= 15 is 0 Å². The fourth-order valence-electron chi connectivity index (χ4n) is 3.37. The highest BCUT2D eigenvalue weighted by Crippen LogP contribution is 2.43. The normalized spacial score (nSPS) is 33.9. The zero-order chi connectivity index (χ0) is 11.9. The maximum absolute atomic E-state index is 9.97. The molecule has 0 spiro atoms. The van der Waals surface area contributed by atoms with Crippen LogP contribution in [0.1, 0.15) is 31.2 Å². The Balaban J connectivity index is 0.00000120. The summed E-state index contributed by atoms with van der Waals surface area (Å²) in [6.07, 6.45) is 3.81. The summed E-state index contributed by atoms with van der Waals surface area (Å²) in [5.74, 6) is 0.891. The van der Waals surface area contributed by atoms with Crippen LogP contribution in [0.25, 0.3) is 0 Å². The first-order valence-electron chi connectivity index (χ1n) is 6.32. The lowest BCUT2D eigenvalue weighted by Gasteiger charge is -2.38. The number of piperidine rings is 1. The molecule has 3 rings (SSSR count). The predicted octanol–water partition coefficient (Wildman–Crippen LogP) is 2.22. The molecule has 2 saturated heterocycles. The van der Waals surface area contributed by atoms with Crippen LogP contribution in [-0.2, 0) is 5.54 Å².